The van der Waals surface area contributed by atoms with Crippen molar-refractivity contribution in [3.8, 4) is 11.5 Å². The second-order valence-electron chi connectivity index (χ2n) is 10.7. The molecule has 0 aliphatic heterocycles. The van der Waals surface area contributed by atoms with E-state index >= 15 is 0 Å². The molecule has 1 N–H and O–H groups in total. The number of hydrogen-bond donors (Lipinski definition) is 1. The van der Waals surface area contributed by atoms with E-state index in [9.17, 15) is 18.0 Å². The van der Waals surface area contributed by atoms with Gasteiger partial charge in [0, 0.05) is 30.1 Å². The summed E-state index contributed by atoms with van der Waals surface area (Å²) in [5, 5.41) is 3.70. The van der Waals surface area contributed by atoms with Crippen LogP contribution >= 0.6 is 11.6 Å². The maximum absolute atomic E-state index is 14.3. The maximum atomic E-state index is 14.3. The highest BCUT2D eigenvalue weighted by atomic mass is 35.5. The molecule has 0 saturated heterocycles. The van der Waals surface area contributed by atoms with Gasteiger partial charge in [-0.05, 0) is 48.2 Å². The molecule has 0 aromatic heterocycles. The highest BCUT2D eigenvalue weighted by Crippen LogP contribution is 2.32. The van der Waals surface area contributed by atoms with E-state index in [0.717, 1.165) is 47.4 Å². The van der Waals surface area contributed by atoms with E-state index in [1.807, 2.05) is 30.3 Å². The molecule has 0 unspecified atom stereocenters. The Morgan fingerprint density at radius 2 is 1.58 bits per heavy atom. The van der Waals surface area contributed by atoms with Crippen molar-refractivity contribution in [2.45, 2.75) is 50.7 Å². The highest BCUT2D eigenvalue weighted by molar-refractivity contribution is 7.92. The normalized spacial score (nSPS) is 14.1. The van der Waals surface area contributed by atoms with E-state index in [2.05, 4.69) is 5.32 Å². The fourth-order valence-corrected chi connectivity index (χ4v) is 6.27. The van der Waals surface area contributed by atoms with Crippen molar-refractivity contribution in [2.75, 3.05) is 31.3 Å². The summed E-state index contributed by atoms with van der Waals surface area (Å²) in [7, 11) is -0.995. The second kappa shape index (κ2) is 14.6. The Kier molecular flexibility index (Phi) is 10.9. The molecular weight excluding hydrogens is 590 g/mol. The number of ether oxygens (including phenoxy) is 2. The number of methoxy groups -OCH3 is 2. The molecule has 1 aliphatic carbocycles. The minimum atomic E-state index is -3.92. The lowest BCUT2D eigenvalue weighted by atomic mass is 10.0. The molecule has 0 bridgehead atoms. The van der Waals surface area contributed by atoms with Crippen LogP contribution in [0.5, 0.6) is 11.5 Å². The third-order valence-electron chi connectivity index (χ3n) is 7.57. The summed E-state index contributed by atoms with van der Waals surface area (Å²) >= 11 is 6.12. The molecule has 0 spiro atoms. The Bertz CT molecular complexity index is 1500. The quantitative estimate of drug-likeness (QED) is 0.291. The third kappa shape index (κ3) is 8.64. The number of hydrogen-bond acceptors (Lipinski definition) is 6. The monoisotopic (exact) mass is 627 g/mol. The first-order chi connectivity index (χ1) is 20.6. The van der Waals surface area contributed by atoms with Gasteiger partial charge in [-0.25, -0.2) is 8.42 Å². The smallest absolute Gasteiger partial charge is 0.244 e. The summed E-state index contributed by atoms with van der Waals surface area (Å²) in [6.45, 7) is -0.445. The Labute approximate surface area is 258 Å². The van der Waals surface area contributed by atoms with Gasteiger partial charge in [-0.1, -0.05) is 66.9 Å². The number of carbonyl (C=O) groups is 2. The number of nitrogens with zero attached hydrogens (tertiary/aromatic N) is 2. The molecule has 43 heavy (non-hydrogen) atoms. The van der Waals surface area contributed by atoms with E-state index in [1.165, 1.54) is 25.2 Å². The van der Waals surface area contributed by atoms with Crippen molar-refractivity contribution in [1.82, 2.24) is 10.2 Å². The molecule has 0 radical (unpaired) electrons. The lowest BCUT2D eigenvalue weighted by molar-refractivity contribution is -0.140. The van der Waals surface area contributed by atoms with Crippen LogP contribution in [0.4, 0.5) is 5.69 Å². The summed E-state index contributed by atoms with van der Waals surface area (Å²) in [6, 6.07) is 20.3. The van der Waals surface area contributed by atoms with Crippen LogP contribution in [0.25, 0.3) is 0 Å². The van der Waals surface area contributed by atoms with Gasteiger partial charge in [0.05, 0.1) is 26.2 Å². The lowest BCUT2D eigenvalue weighted by Crippen LogP contribution is -2.54. The largest absolute Gasteiger partial charge is 0.493 e. The van der Waals surface area contributed by atoms with Gasteiger partial charge < -0.3 is 19.7 Å². The first-order valence-electron chi connectivity index (χ1n) is 14.2. The number of rotatable bonds is 13. The second-order valence-corrected chi connectivity index (χ2v) is 13.0. The Morgan fingerprint density at radius 1 is 0.930 bits per heavy atom. The Balaban J connectivity index is 1.73. The van der Waals surface area contributed by atoms with Gasteiger partial charge >= 0.3 is 0 Å². The molecular formula is C32H38ClN3O6S. The molecule has 2 amide bonds. The summed E-state index contributed by atoms with van der Waals surface area (Å²) in [5.74, 6) is -0.0633. The first kappa shape index (κ1) is 32.2. The van der Waals surface area contributed by atoms with Gasteiger partial charge in [0.15, 0.2) is 11.5 Å². The van der Waals surface area contributed by atoms with E-state index in [4.69, 9.17) is 21.1 Å². The third-order valence-corrected chi connectivity index (χ3v) is 8.97. The predicted molar refractivity (Wildman–Crippen MR) is 168 cm³/mol. The minimum absolute atomic E-state index is 0.0394. The number of benzene rings is 3. The molecule has 230 valence electrons. The van der Waals surface area contributed by atoms with Gasteiger partial charge in [-0.15, -0.1) is 0 Å². The number of carbonyl (C=O) groups excluding carboxylic acids is 2. The Morgan fingerprint density at radius 3 is 2.19 bits per heavy atom. The number of sulfonamides is 1. The summed E-state index contributed by atoms with van der Waals surface area (Å²) < 4.78 is 37.8. The van der Waals surface area contributed by atoms with Crippen molar-refractivity contribution in [3.05, 3.63) is 88.9 Å². The average Bonchev–Trinajstić information content (AvgIpc) is 3.51. The van der Waals surface area contributed by atoms with Crippen molar-refractivity contribution in [1.29, 1.82) is 0 Å². The van der Waals surface area contributed by atoms with E-state index in [0.29, 0.717) is 16.5 Å². The molecule has 1 aliphatic rings. The van der Waals surface area contributed by atoms with Crippen LogP contribution in [-0.4, -0.2) is 64.2 Å². The molecule has 9 nitrogen and oxygen atoms in total. The molecule has 1 saturated carbocycles. The van der Waals surface area contributed by atoms with Crippen LogP contribution in [0.15, 0.2) is 72.8 Å². The van der Waals surface area contributed by atoms with Crippen molar-refractivity contribution in [3.63, 3.8) is 0 Å². The fraction of sp³-hybridized carbons (Fsp3) is 0.375. The van der Waals surface area contributed by atoms with Crippen molar-refractivity contribution in [2.24, 2.45) is 0 Å². The SMILES string of the molecule is COc1ccc(N(CC(=O)N(Cc2ccc(Cl)cc2)[C@@H](Cc2ccccc2)C(=O)NC2CCCC2)S(C)(=O)=O)cc1OC. The highest BCUT2D eigenvalue weighted by Gasteiger charge is 2.34. The lowest BCUT2D eigenvalue weighted by Gasteiger charge is -2.34. The van der Waals surface area contributed by atoms with Gasteiger partial charge in [0.25, 0.3) is 0 Å². The van der Waals surface area contributed by atoms with Crippen LogP contribution in [0.1, 0.15) is 36.8 Å². The van der Waals surface area contributed by atoms with Gasteiger partial charge in [0.2, 0.25) is 21.8 Å². The molecule has 11 heteroatoms. The van der Waals surface area contributed by atoms with E-state index < -0.39 is 28.5 Å². The molecule has 3 aromatic rings. The van der Waals surface area contributed by atoms with Gasteiger partial charge in [-0.3, -0.25) is 13.9 Å². The summed E-state index contributed by atoms with van der Waals surface area (Å²) in [5.41, 5.74) is 1.86. The number of nitrogens with one attached hydrogen (secondary N) is 1. The van der Waals surface area contributed by atoms with Crippen LogP contribution in [0.2, 0.25) is 5.02 Å². The van der Waals surface area contributed by atoms with Crippen LogP contribution in [0, 0.1) is 0 Å². The van der Waals surface area contributed by atoms with Crippen LogP contribution in [-0.2, 0) is 32.6 Å². The van der Waals surface area contributed by atoms with Crippen molar-refractivity contribution >= 4 is 39.1 Å². The Hall–Kier alpha value is -3.76. The molecule has 4 rings (SSSR count). The molecule has 1 fully saturated rings. The van der Waals surface area contributed by atoms with E-state index in [1.54, 1.807) is 36.4 Å². The zero-order chi connectivity index (χ0) is 31.0. The maximum Gasteiger partial charge on any atom is 0.244 e. The number of anilines is 1. The zero-order valence-corrected chi connectivity index (χ0v) is 26.2. The van der Waals surface area contributed by atoms with E-state index in [-0.39, 0.29) is 30.6 Å². The minimum Gasteiger partial charge on any atom is -0.493 e. The summed E-state index contributed by atoms with van der Waals surface area (Å²) in [6.07, 6.45) is 5.14. The predicted octanol–water partition coefficient (Wildman–Crippen LogP) is 4.82. The van der Waals surface area contributed by atoms with Crippen molar-refractivity contribution < 1.29 is 27.5 Å². The molecule has 3 aromatic carbocycles. The number of amides is 2. The van der Waals surface area contributed by atoms with Crippen LogP contribution < -0.4 is 19.1 Å². The molecule has 1 atom stereocenters. The molecule has 0 heterocycles. The van der Waals surface area contributed by atoms with Gasteiger partial charge in [-0.2, -0.15) is 0 Å². The standard InChI is InChI=1S/C32H38ClN3O6S/c1-41-29-18-17-27(20-30(29)42-2)36(43(3,39)40)22-31(37)35(21-24-13-15-25(33)16-14-24)28(19-23-9-5-4-6-10-23)32(38)34-26-11-7-8-12-26/h4-6,9-10,13-18,20,26,28H,7-8,11-12,19,21-22H2,1-3H3,(H,34,38)/t28-/m0/s1. The van der Waals surface area contributed by atoms with Gasteiger partial charge in [0.1, 0.15) is 12.6 Å². The topological polar surface area (TPSA) is 105 Å². The fourth-order valence-electron chi connectivity index (χ4n) is 5.30. The number of halogens is 1. The summed E-state index contributed by atoms with van der Waals surface area (Å²) in [4.78, 5) is 29.6. The van der Waals surface area contributed by atoms with Crippen LogP contribution in [0.3, 0.4) is 0 Å². The zero-order valence-electron chi connectivity index (χ0n) is 24.7. The first-order valence-corrected chi connectivity index (χ1v) is 16.4. The average molecular weight is 628 g/mol.